The Labute approximate surface area is 156 Å². The molecule has 1 aromatic heterocycles. The van der Waals surface area contributed by atoms with Crippen LogP contribution < -0.4 is 4.72 Å². The second-order valence-corrected chi connectivity index (χ2v) is 9.00. The van der Waals surface area contributed by atoms with E-state index in [1.165, 1.54) is 16.5 Å². The highest BCUT2D eigenvalue weighted by molar-refractivity contribution is 8.01. The van der Waals surface area contributed by atoms with Crippen molar-refractivity contribution >= 4 is 38.3 Å². The van der Waals surface area contributed by atoms with Gasteiger partial charge in [0, 0.05) is 10.5 Å². The predicted octanol–water partition coefficient (Wildman–Crippen LogP) is 5.22. The number of alkyl halides is 3. The van der Waals surface area contributed by atoms with Crippen molar-refractivity contribution < 1.29 is 21.6 Å². The fourth-order valence-electron chi connectivity index (χ4n) is 1.97. The van der Waals surface area contributed by atoms with Gasteiger partial charge in [-0.05, 0) is 12.1 Å². The molecule has 0 aliphatic carbocycles. The number of benzene rings is 2. The van der Waals surface area contributed by atoms with Crippen LogP contribution >= 0.6 is 23.1 Å². The van der Waals surface area contributed by atoms with Crippen molar-refractivity contribution in [1.29, 1.82) is 0 Å². The first-order valence-corrected chi connectivity index (χ1v) is 10.3. The topological polar surface area (TPSA) is 59.1 Å². The van der Waals surface area contributed by atoms with Crippen molar-refractivity contribution in [2.45, 2.75) is 14.6 Å². The van der Waals surface area contributed by atoms with E-state index < -0.39 is 15.5 Å². The molecular formula is C16H11F3N2O2S3. The molecule has 4 nitrogen and oxygen atoms in total. The second kappa shape index (κ2) is 7.29. The molecular weight excluding hydrogens is 405 g/mol. The van der Waals surface area contributed by atoms with E-state index >= 15 is 0 Å². The maximum atomic E-state index is 12.6. The van der Waals surface area contributed by atoms with Gasteiger partial charge in [0.05, 0.1) is 9.90 Å². The van der Waals surface area contributed by atoms with Crippen LogP contribution in [0.1, 0.15) is 0 Å². The van der Waals surface area contributed by atoms with Gasteiger partial charge in [0.25, 0.3) is 0 Å². The summed E-state index contributed by atoms with van der Waals surface area (Å²) in [6.07, 6.45) is 0. The van der Waals surface area contributed by atoms with E-state index in [-0.39, 0.29) is 5.13 Å². The Kier molecular flexibility index (Phi) is 5.26. The number of nitrogens with one attached hydrogen (secondary N) is 1. The number of aromatic nitrogens is 1. The molecule has 0 bridgehead atoms. The summed E-state index contributed by atoms with van der Waals surface area (Å²) in [7, 11) is -5.52. The zero-order chi connectivity index (χ0) is 18.8. The molecule has 2 aromatic carbocycles. The Morgan fingerprint density at radius 1 is 0.962 bits per heavy atom. The smallest absolute Gasteiger partial charge is 0.251 e. The highest BCUT2D eigenvalue weighted by Crippen LogP contribution is 2.42. The highest BCUT2D eigenvalue weighted by atomic mass is 32.2. The van der Waals surface area contributed by atoms with Gasteiger partial charge < -0.3 is 0 Å². The third-order valence-electron chi connectivity index (χ3n) is 3.12. The van der Waals surface area contributed by atoms with Crippen LogP contribution in [0.4, 0.5) is 18.3 Å². The summed E-state index contributed by atoms with van der Waals surface area (Å²) in [6.45, 7) is 0. The Morgan fingerprint density at radius 3 is 2.12 bits per heavy atom. The fraction of sp³-hybridized carbons (Fsp3) is 0.0625. The van der Waals surface area contributed by atoms with Gasteiger partial charge in [-0.1, -0.05) is 71.6 Å². The lowest BCUT2D eigenvalue weighted by Crippen LogP contribution is -2.29. The molecule has 0 radical (unpaired) electrons. The minimum atomic E-state index is -5.52. The van der Waals surface area contributed by atoms with Crippen LogP contribution in [-0.4, -0.2) is 18.9 Å². The molecule has 0 fully saturated rings. The Hall–Kier alpha value is -2.04. The molecule has 0 atom stereocenters. The van der Waals surface area contributed by atoms with Crippen LogP contribution in [0.3, 0.4) is 0 Å². The largest absolute Gasteiger partial charge is 0.516 e. The van der Waals surface area contributed by atoms with Gasteiger partial charge in [0.1, 0.15) is 0 Å². The monoisotopic (exact) mass is 416 g/mol. The van der Waals surface area contributed by atoms with Crippen LogP contribution in [-0.2, 0) is 10.0 Å². The molecule has 3 rings (SSSR count). The number of hydrogen-bond acceptors (Lipinski definition) is 5. The maximum Gasteiger partial charge on any atom is 0.516 e. The molecule has 0 aliphatic rings. The minimum absolute atomic E-state index is 0.334. The summed E-state index contributed by atoms with van der Waals surface area (Å²) >= 11 is 2.16. The molecule has 1 N–H and O–H groups in total. The third kappa shape index (κ3) is 4.19. The van der Waals surface area contributed by atoms with E-state index in [1.807, 2.05) is 30.3 Å². The summed E-state index contributed by atoms with van der Waals surface area (Å²) in [5.74, 6) is 0. The zero-order valence-corrected chi connectivity index (χ0v) is 15.3. The van der Waals surface area contributed by atoms with E-state index in [0.717, 1.165) is 16.2 Å². The minimum Gasteiger partial charge on any atom is -0.251 e. The number of sulfonamides is 1. The first-order valence-electron chi connectivity index (χ1n) is 7.14. The lowest BCUT2D eigenvalue weighted by molar-refractivity contribution is -0.0429. The van der Waals surface area contributed by atoms with Crippen LogP contribution in [0.25, 0.3) is 11.3 Å². The number of rotatable bonds is 5. The first-order chi connectivity index (χ1) is 12.3. The van der Waals surface area contributed by atoms with Gasteiger partial charge in [0.2, 0.25) is 0 Å². The van der Waals surface area contributed by atoms with Crippen LogP contribution in [0, 0.1) is 0 Å². The summed E-state index contributed by atoms with van der Waals surface area (Å²) in [6, 6.07) is 18.1. The quantitative estimate of drug-likeness (QED) is 0.619. The second-order valence-electron chi connectivity index (χ2n) is 4.99. The predicted molar refractivity (Wildman–Crippen MR) is 96.7 cm³/mol. The summed E-state index contributed by atoms with van der Waals surface area (Å²) in [5.41, 5.74) is -4.30. The lowest BCUT2D eigenvalue weighted by Gasteiger charge is -2.07. The Balaban J connectivity index is 2.01. The van der Waals surface area contributed by atoms with Gasteiger partial charge in [0.15, 0.2) is 5.13 Å². The highest BCUT2D eigenvalue weighted by Gasteiger charge is 2.46. The summed E-state index contributed by atoms with van der Waals surface area (Å²) in [5, 5.41) is -0.334. The van der Waals surface area contributed by atoms with E-state index in [4.69, 9.17) is 0 Å². The molecule has 0 unspecified atom stereocenters. The number of halogens is 3. The first kappa shape index (κ1) is 18.7. The molecule has 0 saturated carbocycles. The number of hydrogen-bond donors (Lipinski definition) is 1. The molecule has 0 amide bonds. The standard InChI is InChI=1S/C16H11F3N2O2S3/c17-16(18,19)26(22,23)21-15-20-13(11-7-3-1-4-8-11)14(25-15)24-12-9-5-2-6-10-12/h1-10H,(H,20,21). The van der Waals surface area contributed by atoms with Gasteiger partial charge in [-0.25, -0.2) is 4.98 Å². The molecule has 136 valence electrons. The van der Waals surface area contributed by atoms with Crippen molar-refractivity contribution in [3.8, 4) is 11.3 Å². The SMILES string of the molecule is O=S(=O)(Nc1nc(-c2ccccc2)c(Sc2ccccc2)s1)C(F)(F)F. The summed E-state index contributed by atoms with van der Waals surface area (Å²) in [4.78, 5) is 4.94. The molecule has 0 aliphatic heterocycles. The molecule has 3 aromatic rings. The third-order valence-corrected chi connectivity index (χ3v) is 6.48. The molecule has 0 saturated heterocycles. The van der Waals surface area contributed by atoms with Crippen molar-refractivity contribution in [3.63, 3.8) is 0 Å². The van der Waals surface area contributed by atoms with Crippen molar-refractivity contribution in [2.75, 3.05) is 4.72 Å². The molecule has 26 heavy (non-hydrogen) atoms. The normalized spacial score (nSPS) is 12.1. The van der Waals surface area contributed by atoms with Gasteiger partial charge in [-0.3, -0.25) is 4.72 Å². The van der Waals surface area contributed by atoms with E-state index in [0.29, 0.717) is 15.5 Å². The van der Waals surface area contributed by atoms with Crippen LogP contribution in [0.15, 0.2) is 69.8 Å². The molecule has 0 spiro atoms. The summed E-state index contributed by atoms with van der Waals surface area (Å²) < 4.78 is 62.7. The molecule has 10 heteroatoms. The fourth-order valence-corrected chi connectivity index (χ4v) is 4.89. The van der Waals surface area contributed by atoms with Crippen molar-refractivity contribution in [3.05, 3.63) is 60.7 Å². The Bertz CT molecular complexity index is 989. The van der Waals surface area contributed by atoms with E-state index in [1.54, 1.807) is 30.3 Å². The van der Waals surface area contributed by atoms with Crippen LogP contribution in [0.2, 0.25) is 0 Å². The average Bonchev–Trinajstić information content (AvgIpc) is 2.97. The maximum absolute atomic E-state index is 12.6. The zero-order valence-electron chi connectivity index (χ0n) is 12.9. The van der Waals surface area contributed by atoms with Crippen molar-refractivity contribution in [1.82, 2.24) is 4.98 Å². The molecule has 1 heterocycles. The van der Waals surface area contributed by atoms with E-state index in [9.17, 15) is 21.6 Å². The number of anilines is 1. The van der Waals surface area contributed by atoms with Gasteiger partial charge in [-0.15, -0.1) is 0 Å². The van der Waals surface area contributed by atoms with Gasteiger partial charge in [-0.2, -0.15) is 21.6 Å². The number of nitrogens with zero attached hydrogens (tertiary/aromatic N) is 1. The lowest BCUT2D eigenvalue weighted by atomic mass is 10.2. The number of thiazole rings is 1. The Morgan fingerprint density at radius 2 is 1.54 bits per heavy atom. The van der Waals surface area contributed by atoms with E-state index in [2.05, 4.69) is 4.98 Å². The van der Waals surface area contributed by atoms with Crippen molar-refractivity contribution in [2.24, 2.45) is 0 Å². The van der Waals surface area contributed by atoms with Gasteiger partial charge >= 0.3 is 15.5 Å². The average molecular weight is 416 g/mol. The van der Waals surface area contributed by atoms with Crippen LogP contribution in [0.5, 0.6) is 0 Å².